The second-order valence-electron chi connectivity index (χ2n) is 3.89. The fourth-order valence-electron chi connectivity index (χ4n) is 1.62. The lowest BCUT2D eigenvalue weighted by molar-refractivity contribution is -0.113. The number of hydrogen-bond donors (Lipinski definition) is 1. The van der Waals surface area contributed by atoms with Crippen molar-refractivity contribution in [3.63, 3.8) is 0 Å². The minimum absolute atomic E-state index is 0.0249. The lowest BCUT2D eigenvalue weighted by Gasteiger charge is -2.26. The maximum Gasteiger partial charge on any atom is 0.236 e. The van der Waals surface area contributed by atoms with Crippen molar-refractivity contribution >= 4 is 34.1 Å². The van der Waals surface area contributed by atoms with Gasteiger partial charge in [0.05, 0.1) is 19.0 Å². The molecule has 1 aliphatic rings. The standard InChI is InChI=1S/C11H17N3O2S2/c15-10(13-11-12-1-7-18-11)9-17-8-4-14-2-5-16-6-3-14/h1,7H,2-6,8-9H2,(H,12,13,15). The lowest BCUT2D eigenvalue weighted by atomic mass is 10.4. The second kappa shape index (κ2) is 7.73. The summed E-state index contributed by atoms with van der Waals surface area (Å²) in [5.74, 6) is 1.49. The van der Waals surface area contributed by atoms with E-state index in [9.17, 15) is 4.79 Å². The molecule has 0 aromatic carbocycles. The molecular weight excluding hydrogens is 270 g/mol. The Morgan fingerprint density at radius 1 is 1.56 bits per heavy atom. The largest absolute Gasteiger partial charge is 0.379 e. The minimum Gasteiger partial charge on any atom is -0.379 e. The van der Waals surface area contributed by atoms with E-state index in [0.717, 1.165) is 38.6 Å². The highest BCUT2D eigenvalue weighted by Gasteiger charge is 2.10. The number of hydrogen-bond acceptors (Lipinski definition) is 6. The number of aromatic nitrogens is 1. The quantitative estimate of drug-likeness (QED) is 0.795. The number of thioether (sulfide) groups is 1. The van der Waals surface area contributed by atoms with Crippen LogP contribution in [0.15, 0.2) is 11.6 Å². The summed E-state index contributed by atoms with van der Waals surface area (Å²) in [7, 11) is 0. The van der Waals surface area contributed by atoms with Crippen LogP contribution >= 0.6 is 23.1 Å². The Bertz CT molecular complexity index is 353. The first-order chi connectivity index (χ1) is 8.84. The summed E-state index contributed by atoms with van der Waals surface area (Å²) in [5.41, 5.74) is 0. The first-order valence-electron chi connectivity index (χ1n) is 5.92. The number of anilines is 1. The van der Waals surface area contributed by atoms with Crippen molar-refractivity contribution in [1.82, 2.24) is 9.88 Å². The van der Waals surface area contributed by atoms with Gasteiger partial charge in [-0.05, 0) is 0 Å². The number of thiazole rings is 1. The predicted octanol–water partition coefficient (Wildman–Crippen LogP) is 1.15. The molecule has 18 heavy (non-hydrogen) atoms. The van der Waals surface area contributed by atoms with E-state index < -0.39 is 0 Å². The first-order valence-corrected chi connectivity index (χ1v) is 7.95. The minimum atomic E-state index is 0.0249. The van der Waals surface area contributed by atoms with Crippen molar-refractivity contribution in [1.29, 1.82) is 0 Å². The molecule has 0 atom stereocenters. The highest BCUT2D eigenvalue weighted by atomic mass is 32.2. The van der Waals surface area contributed by atoms with Gasteiger partial charge in [-0.25, -0.2) is 4.98 Å². The Morgan fingerprint density at radius 2 is 2.39 bits per heavy atom. The van der Waals surface area contributed by atoms with Crippen molar-refractivity contribution in [3.8, 4) is 0 Å². The molecule has 5 nitrogen and oxygen atoms in total. The van der Waals surface area contributed by atoms with Crippen LogP contribution in [0.2, 0.25) is 0 Å². The Morgan fingerprint density at radius 3 is 3.11 bits per heavy atom. The molecule has 0 spiro atoms. The topological polar surface area (TPSA) is 54.5 Å². The third-order valence-corrected chi connectivity index (χ3v) is 4.19. The molecule has 7 heteroatoms. The van der Waals surface area contributed by atoms with Gasteiger partial charge in [0.2, 0.25) is 5.91 Å². The van der Waals surface area contributed by atoms with E-state index in [4.69, 9.17) is 4.74 Å². The molecule has 1 aromatic rings. The number of rotatable bonds is 6. The number of nitrogens with one attached hydrogen (secondary N) is 1. The van der Waals surface area contributed by atoms with Gasteiger partial charge in [-0.3, -0.25) is 9.69 Å². The van der Waals surface area contributed by atoms with E-state index in [0.29, 0.717) is 10.9 Å². The van der Waals surface area contributed by atoms with Crippen LogP contribution in [-0.4, -0.2) is 60.1 Å². The van der Waals surface area contributed by atoms with Gasteiger partial charge in [-0.2, -0.15) is 11.8 Å². The summed E-state index contributed by atoms with van der Waals surface area (Å²) >= 11 is 3.10. The van der Waals surface area contributed by atoms with Gasteiger partial charge in [0.1, 0.15) is 0 Å². The molecule has 100 valence electrons. The highest BCUT2D eigenvalue weighted by molar-refractivity contribution is 7.99. The molecule has 1 aromatic heterocycles. The van der Waals surface area contributed by atoms with E-state index >= 15 is 0 Å². The van der Waals surface area contributed by atoms with E-state index in [2.05, 4.69) is 15.2 Å². The van der Waals surface area contributed by atoms with Gasteiger partial charge >= 0.3 is 0 Å². The summed E-state index contributed by atoms with van der Waals surface area (Å²) < 4.78 is 5.28. The zero-order valence-electron chi connectivity index (χ0n) is 10.1. The average Bonchev–Trinajstić information content (AvgIpc) is 2.89. The molecule has 1 amide bonds. The van der Waals surface area contributed by atoms with Crippen LogP contribution in [0.25, 0.3) is 0 Å². The summed E-state index contributed by atoms with van der Waals surface area (Å²) in [4.78, 5) is 17.9. The lowest BCUT2D eigenvalue weighted by Crippen LogP contribution is -2.37. The zero-order chi connectivity index (χ0) is 12.6. The second-order valence-corrected chi connectivity index (χ2v) is 5.89. The SMILES string of the molecule is O=C(CSCCN1CCOCC1)Nc1nccs1. The molecule has 2 heterocycles. The van der Waals surface area contributed by atoms with Gasteiger partial charge in [-0.1, -0.05) is 0 Å². The Labute approximate surface area is 115 Å². The van der Waals surface area contributed by atoms with Crippen LogP contribution in [0.3, 0.4) is 0 Å². The van der Waals surface area contributed by atoms with Crippen LogP contribution in [-0.2, 0) is 9.53 Å². The van der Waals surface area contributed by atoms with Gasteiger partial charge in [-0.15, -0.1) is 11.3 Å². The molecule has 1 aliphatic heterocycles. The van der Waals surface area contributed by atoms with Crippen molar-refractivity contribution in [2.45, 2.75) is 0 Å². The predicted molar refractivity (Wildman–Crippen MR) is 75.3 cm³/mol. The van der Waals surface area contributed by atoms with Crippen LogP contribution in [0.5, 0.6) is 0 Å². The summed E-state index contributed by atoms with van der Waals surface area (Å²) in [6.07, 6.45) is 1.69. The monoisotopic (exact) mass is 287 g/mol. The van der Waals surface area contributed by atoms with E-state index in [-0.39, 0.29) is 5.91 Å². The maximum absolute atomic E-state index is 11.6. The molecule has 0 aliphatic carbocycles. The highest BCUT2D eigenvalue weighted by Crippen LogP contribution is 2.11. The molecule has 2 rings (SSSR count). The molecule has 0 radical (unpaired) electrons. The average molecular weight is 287 g/mol. The number of ether oxygens (including phenoxy) is 1. The Kier molecular flexibility index (Phi) is 5.92. The number of amides is 1. The Balaban J connectivity index is 1.53. The molecule has 0 saturated carbocycles. The molecule has 1 N–H and O–H groups in total. The molecule has 0 bridgehead atoms. The van der Waals surface area contributed by atoms with Crippen molar-refractivity contribution < 1.29 is 9.53 Å². The van der Waals surface area contributed by atoms with Crippen LogP contribution in [0.1, 0.15) is 0 Å². The Hall–Kier alpha value is -0.630. The fourth-order valence-corrected chi connectivity index (χ4v) is 2.96. The number of carbonyl (C=O) groups is 1. The van der Waals surface area contributed by atoms with E-state index in [1.165, 1.54) is 11.3 Å². The third kappa shape index (κ3) is 4.93. The van der Waals surface area contributed by atoms with Crippen LogP contribution in [0, 0.1) is 0 Å². The zero-order valence-corrected chi connectivity index (χ0v) is 11.8. The summed E-state index contributed by atoms with van der Waals surface area (Å²) in [6, 6.07) is 0. The van der Waals surface area contributed by atoms with E-state index in [1.807, 2.05) is 5.38 Å². The maximum atomic E-state index is 11.6. The van der Waals surface area contributed by atoms with Crippen molar-refractivity contribution in [2.75, 3.05) is 49.7 Å². The first kappa shape index (κ1) is 13.8. The molecule has 0 unspecified atom stereocenters. The molecular formula is C11H17N3O2S2. The van der Waals surface area contributed by atoms with Crippen molar-refractivity contribution in [2.24, 2.45) is 0 Å². The van der Waals surface area contributed by atoms with Crippen molar-refractivity contribution in [3.05, 3.63) is 11.6 Å². The van der Waals surface area contributed by atoms with Crippen LogP contribution < -0.4 is 5.32 Å². The van der Waals surface area contributed by atoms with Gasteiger partial charge in [0, 0.05) is 37.0 Å². The third-order valence-electron chi connectivity index (χ3n) is 2.57. The normalized spacial score (nSPS) is 16.7. The summed E-state index contributed by atoms with van der Waals surface area (Å²) in [5, 5.41) is 5.30. The fraction of sp³-hybridized carbons (Fsp3) is 0.636. The van der Waals surface area contributed by atoms with Crippen LogP contribution in [0.4, 0.5) is 5.13 Å². The van der Waals surface area contributed by atoms with E-state index in [1.54, 1.807) is 18.0 Å². The van der Waals surface area contributed by atoms with Gasteiger partial charge < -0.3 is 10.1 Å². The number of morpholine rings is 1. The number of carbonyl (C=O) groups excluding carboxylic acids is 1. The van der Waals surface area contributed by atoms with Gasteiger partial charge in [0.25, 0.3) is 0 Å². The smallest absolute Gasteiger partial charge is 0.236 e. The number of nitrogens with zero attached hydrogens (tertiary/aromatic N) is 2. The molecule has 1 fully saturated rings. The molecule has 1 saturated heterocycles. The summed E-state index contributed by atoms with van der Waals surface area (Å²) in [6.45, 7) is 4.70. The van der Waals surface area contributed by atoms with Gasteiger partial charge in [0.15, 0.2) is 5.13 Å².